The van der Waals surface area contributed by atoms with Gasteiger partial charge in [-0.1, -0.05) is 30.3 Å². The first-order valence-electron chi connectivity index (χ1n) is 6.23. The van der Waals surface area contributed by atoms with Crippen molar-refractivity contribution >= 4 is 0 Å². The van der Waals surface area contributed by atoms with E-state index in [4.69, 9.17) is 0 Å². The second-order valence-electron chi connectivity index (χ2n) is 4.83. The van der Waals surface area contributed by atoms with Crippen molar-refractivity contribution in [3.8, 4) is 5.75 Å². The molecule has 0 fully saturated rings. The van der Waals surface area contributed by atoms with Crippen molar-refractivity contribution in [2.24, 2.45) is 0 Å². The minimum absolute atomic E-state index is 0.139. The maximum atomic E-state index is 11.4. The van der Waals surface area contributed by atoms with Crippen LogP contribution in [0, 0.1) is 0 Å². The van der Waals surface area contributed by atoms with Crippen LogP contribution >= 0.6 is 0 Å². The quantitative estimate of drug-likeness (QED) is 0.805. The number of hydrogen-bond donors (Lipinski definition) is 2. The molecule has 0 saturated carbocycles. The van der Waals surface area contributed by atoms with Crippen molar-refractivity contribution < 1.29 is 5.11 Å². The lowest BCUT2D eigenvalue weighted by Gasteiger charge is -2.25. The van der Waals surface area contributed by atoms with E-state index in [-0.39, 0.29) is 11.3 Å². The van der Waals surface area contributed by atoms with Crippen LogP contribution in [0.1, 0.15) is 29.2 Å². The Morgan fingerprint density at radius 3 is 2.78 bits per heavy atom. The highest BCUT2D eigenvalue weighted by Gasteiger charge is 2.22. The molecule has 2 aromatic rings. The van der Waals surface area contributed by atoms with Gasteiger partial charge in [-0.3, -0.25) is 4.79 Å². The molecule has 3 nitrogen and oxygen atoms in total. The number of rotatable bonds is 1. The van der Waals surface area contributed by atoms with Gasteiger partial charge < -0.3 is 10.1 Å². The van der Waals surface area contributed by atoms with E-state index in [9.17, 15) is 9.90 Å². The average molecular weight is 241 g/mol. The molecule has 0 radical (unpaired) electrons. The molecule has 1 aromatic heterocycles. The zero-order valence-corrected chi connectivity index (χ0v) is 10.0. The molecule has 1 aliphatic carbocycles. The van der Waals surface area contributed by atoms with Crippen LogP contribution < -0.4 is 5.56 Å². The number of aromatic nitrogens is 1. The molecule has 3 heteroatoms. The lowest BCUT2D eigenvalue weighted by Crippen LogP contribution is -2.19. The number of fused-ring (bicyclic) bond motifs is 1. The van der Waals surface area contributed by atoms with Crippen LogP contribution in [-0.4, -0.2) is 10.1 Å². The standard InChI is InChI=1S/C15H15NO2/c17-14-9-15(18)16-13-8-11(6-7-12(13)14)10-4-2-1-3-5-10/h1-5,9,11H,6-8H2,(H2,16,17,18). The second kappa shape index (κ2) is 4.33. The van der Waals surface area contributed by atoms with Gasteiger partial charge in [0.15, 0.2) is 0 Å². The third kappa shape index (κ3) is 1.92. The number of aromatic amines is 1. The summed E-state index contributed by atoms with van der Waals surface area (Å²) in [6.45, 7) is 0. The van der Waals surface area contributed by atoms with Crippen LogP contribution in [0.15, 0.2) is 41.2 Å². The highest BCUT2D eigenvalue weighted by molar-refractivity contribution is 5.38. The number of nitrogens with one attached hydrogen (secondary N) is 1. The van der Waals surface area contributed by atoms with E-state index >= 15 is 0 Å². The Hall–Kier alpha value is -2.03. The Kier molecular flexibility index (Phi) is 2.67. The second-order valence-corrected chi connectivity index (χ2v) is 4.83. The van der Waals surface area contributed by atoms with Gasteiger partial charge in [0.2, 0.25) is 0 Å². The van der Waals surface area contributed by atoms with Gasteiger partial charge in [-0.25, -0.2) is 0 Å². The zero-order valence-electron chi connectivity index (χ0n) is 10.0. The third-order valence-corrected chi connectivity index (χ3v) is 3.68. The van der Waals surface area contributed by atoms with Gasteiger partial charge in [0.05, 0.1) is 0 Å². The Bertz CT molecular complexity index is 616. The molecule has 1 aromatic carbocycles. The topological polar surface area (TPSA) is 53.1 Å². The molecule has 2 N–H and O–H groups in total. The van der Waals surface area contributed by atoms with E-state index in [0.29, 0.717) is 5.92 Å². The number of H-pyrrole nitrogens is 1. The lowest BCUT2D eigenvalue weighted by atomic mass is 9.82. The normalized spacial score (nSPS) is 18.3. The van der Waals surface area contributed by atoms with Gasteiger partial charge >= 0.3 is 0 Å². The summed E-state index contributed by atoms with van der Waals surface area (Å²) in [4.78, 5) is 14.2. The maximum absolute atomic E-state index is 11.4. The monoisotopic (exact) mass is 241 g/mol. The van der Waals surface area contributed by atoms with E-state index < -0.39 is 0 Å². The minimum Gasteiger partial charge on any atom is -0.507 e. The molecule has 18 heavy (non-hydrogen) atoms. The molecule has 0 saturated heterocycles. The highest BCUT2D eigenvalue weighted by atomic mass is 16.3. The molecule has 1 heterocycles. The van der Waals surface area contributed by atoms with Crippen molar-refractivity contribution in [2.45, 2.75) is 25.2 Å². The van der Waals surface area contributed by atoms with Crippen LogP contribution in [0.3, 0.4) is 0 Å². The van der Waals surface area contributed by atoms with Crippen LogP contribution in [0.25, 0.3) is 0 Å². The predicted octanol–water partition coefficient (Wildman–Crippen LogP) is 2.35. The molecule has 0 spiro atoms. The van der Waals surface area contributed by atoms with E-state index in [1.165, 1.54) is 11.6 Å². The van der Waals surface area contributed by atoms with Gasteiger partial charge in [0, 0.05) is 17.3 Å². The summed E-state index contributed by atoms with van der Waals surface area (Å²) in [5.41, 5.74) is 2.87. The fraction of sp³-hybridized carbons (Fsp3) is 0.267. The van der Waals surface area contributed by atoms with Gasteiger partial charge in [0.1, 0.15) is 5.75 Å². The van der Waals surface area contributed by atoms with Crippen LogP contribution in [-0.2, 0) is 12.8 Å². The first-order valence-corrected chi connectivity index (χ1v) is 6.23. The minimum atomic E-state index is -0.222. The summed E-state index contributed by atoms with van der Waals surface area (Å²) >= 11 is 0. The fourth-order valence-corrected chi connectivity index (χ4v) is 2.76. The molecule has 1 atom stereocenters. The fourth-order valence-electron chi connectivity index (χ4n) is 2.76. The summed E-state index contributed by atoms with van der Waals surface area (Å²) in [5.74, 6) is 0.566. The van der Waals surface area contributed by atoms with E-state index in [1.54, 1.807) is 0 Å². The van der Waals surface area contributed by atoms with E-state index in [2.05, 4.69) is 17.1 Å². The van der Waals surface area contributed by atoms with Crippen molar-refractivity contribution in [1.82, 2.24) is 4.98 Å². The molecule has 92 valence electrons. The summed E-state index contributed by atoms with van der Waals surface area (Å²) in [6, 6.07) is 11.6. The average Bonchev–Trinajstić information content (AvgIpc) is 2.39. The molecular weight excluding hydrogens is 226 g/mol. The van der Waals surface area contributed by atoms with Crippen molar-refractivity contribution in [2.75, 3.05) is 0 Å². The lowest BCUT2D eigenvalue weighted by molar-refractivity contribution is 0.452. The first kappa shape index (κ1) is 11.1. The first-order chi connectivity index (χ1) is 8.74. The molecule has 0 aliphatic heterocycles. The van der Waals surface area contributed by atoms with Crippen molar-refractivity contribution in [3.63, 3.8) is 0 Å². The van der Waals surface area contributed by atoms with Gasteiger partial charge in [-0.05, 0) is 30.7 Å². The molecule has 1 unspecified atom stereocenters. The number of benzene rings is 1. The summed E-state index contributed by atoms with van der Waals surface area (Å²) in [6.07, 6.45) is 2.62. The SMILES string of the molecule is O=c1cc(O)c2c([nH]1)CC(c1ccccc1)CC2. The Morgan fingerprint density at radius 2 is 2.00 bits per heavy atom. The van der Waals surface area contributed by atoms with Gasteiger partial charge in [-0.2, -0.15) is 0 Å². The van der Waals surface area contributed by atoms with Crippen LogP contribution in [0.5, 0.6) is 5.75 Å². The Morgan fingerprint density at radius 1 is 1.22 bits per heavy atom. The van der Waals surface area contributed by atoms with Crippen molar-refractivity contribution in [3.05, 3.63) is 63.6 Å². The molecule has 0 bridgehead atoms. The molecule has 3 rings (SSSR count). The van der Waals surface area contributed by atoms with Gasteiger partial charge in [-0.15, -0.1) is 0 Å². The molecular formula is C15H15NO2. The number of hydrogen-bond acceptors (Lipinski definition) is 2. The smallest absolute Gasteiger partial charge is 0.251 e. The summed E-state index contributed by atoms with van der Waals surface area (Å²) in [7, 11) is 0. The Labute approximate surface area is 105 Å². The maximum Gasteiger partial charge on any atom is 0.251 e. The van der Waals surface area contributed by atoms with Crippen molar-refractivity contribution in [1.29, 1.82) is 0 Å². The summed E-state index contributed by atoms with van der Waals surface area (Å²) < 4.78 is 0. The van der Waals surface area contributed by atoms with E-state index in [1.807, 2.05) is 18.2 Å². The Balaban J connectivity index is 1.96. The third-order valence-electron chi connectivity index (χ3n) is 3.68. The van der Waals surface area contributed by atoms with Crippen LogP contribution in [0.2, 0.25) is 0 Å². The number of pyridine rings is 1. The predicted molar refractivity (Wildman–Crippen MR) is 69.9 cm³/mol. The zero-order chi connectivity index (χ0) is 12.5. The number of aromatic hydroxyl groups is 1. The highest BCUT2D eigenvalue weighted by Crippen LogP contribution is 2.34. The molecule has 1 aliphatic rings. The summed E-state index contributed by atoms with van der Waals surface area (Å²) in [5, 5.41) is 9.77. The van der Waals surface area contributed by atoms with E-state index in [0.717, 1.165) is 30.5 Å². The molecule has 0 amide bonds. The van der Waals surface area contributed by atoms with Crippen LogP contribution in [0.4, 0.5) is 0 Å². The largest absolute Gasteiger partial charge is 0.507 e. The van der Waals surface area contributed by atoms with Gasteiger partial charge in [0.25, 0.3) is 5.56 Å².